The smallest absolute Gasteiger partial charge is 0.297 e. The number of carbonyl (C=O) groups is 1. The van der Waals surface area contributed by atoms with Crippen molar-refractivity contribution in [3.63, 3.8) is 0 Å². The summed E-state index contributed by atoms with van der Waals surface area (Å²) in [4.78, 5) is 25.5. The quantitative estimate of drug-likeness (QED) is 0.194. The van der Waals surface area contributed by atoms with Gasteiger partial charge in [-0.25, -0.2) is 4.39 Å². The van der Waals surface area contributed by atoms with Gasteiger partial charge in [-0.1, -0.05) is 32.4 Å². The van der Waals surface area contributed by atoms with Crippen LogP contribution in [0.3, 0.4) is 0 Å². The highest BCUT2D eigenvalue weighted by Gasteiger charge is 2.36. The molecule has 3 rings (SSSR count). The lowest BCUT2D eigenvalue weighted by Gasteiger charge is -2.36. The molecule has 0 saturated carbocycles. The lowest BCUT2D eigenvalue weighted by molar-refractivity contribution is 0.0926. The van der Waals surface area contributed by atoms with E-state index in [1.54, 1.807) is 30.3 Å². The summed E-state index contributed by atoms with van der Waals surface area (Å²) in [6.07, 6.45) is 0.580. The van der Waals surface area contributed by atoms with Crippen LogP contribution in [-0.2, 0) is 4.43 Å². The van der Waals surface area contributed by atoms with Crippen molar-refractivity contribution in [1.29, 1.82) is 0 Å². The Labute approximate surface area is 237 Å². The van der Waals surface area contributed by atoms with Crippen LogP contribution in [0.1, 0.15) is 30.4 Å². The van der Waals surface area contributed by atoms with Gasteiger partial charge in [0.1, 0.15) is 12.4 Å². The lowest BCUT2D eigenvalue weighted by atomic mass is 10.2. The molecule has 0 saturated heterocycles. The van der Waals surface area contributed by atoms with E-state index in [1.807, 2.05) is 0 Å². The van der Waals surface area contributed by atoms with E-state index in [0.717, 1.165) is 11.3 Å². The SMILES string of the molecule is CC(C)(C)[Si](C)(C)OCCOc1cccn(-c2ccc(NC[C@H](O)CNC(=O)c3ccc(Cl)s3)c(F)c2)c1=O. The molecule has 212 valence electrons. The van der Waals surface area contributed by atoms with E-state index in [4.69, 9.17) is 20.8 Å². The highest BCUT2D eigenvalue weighted by Crippen LogP contribution is 2.36. The van der Waals surface area contributed by atoms with Crippen molar-refractivity contribution >= 4 is 42.8 Å². The minimum Gasteiger partial charge on any atom is -0.485 e. The molecule has 0 unspecified atom stereocenters. The number of pyridine rings is 1. The molecule has 8 nitrogen and oxygen atoms in total. The van der Waals surface area contributed by atoms with Crippen LogP contribution >= 0.6 is 22.9 Å². The molecule has 12 heteroatoms. The first-order chi connectivity index (χ1) is 18.3. The van der Waals surface area contributed by atoms with Crippen molar-refractivity contribution < 1.29 is 23.5 Å². The molecule has 1 aromatic carbocycles. The molecule has 0 aliphatic rings. The Hall–Kier alpha value is -2.70. The summed E-state index contributed by atoms with van der Waals surface area (Å²) in [5.41, 5.74) is 0.0639. The Balaban J connectivity index is 1.55. The predicted octanol–water partition coefficient (Wildman–Crippen LogP) is 5.29. The molecular weight excluding hydrogens is 561 g/mol. The van der Waals surface area contributed by atoms with Gasteiger partial charge in [0, 0.05) is 25.4 Å². The molecule has 2 heterocycles. The number of hydrogen-bond acceptors (Lipinski definition) is 7. The van der Waals surface area contributed by atoms with E-state index in [-0.39, 0.29) is 42.1 Å². The molecule has 0 spiro atoms. The third-order valence-electron chi connectivity index (χ3n) is 6.58. The summed E-state index contributed by atoms with van der Waals surface area (Å²) in [6, 6.07) is 10.7. The molecule has 1 atom stereocenters. The van der Waals surface area contributed by atoms with Gasteiger partial charge in [0.05, 0.1) is 33.3 Å². The average molecular weight is 596 g/mol. The summed E-state index contributed by atoms with van der Waals surface area (Å²) < 4.78 is 28.4. The average Bonchev–Trinajstić information content (AvgIpc) is 3.31. The molecule has 0 radical (unpaired) electrons. The molecule has 39 heavy (non-hydrogen) atoms. The second-order valence-electron chi connectivity index (χ2n) is 10.5. The van der Waals surface area contributed by atoms with E-state index in [0.29, 0.717) is 21.5 Å². The summed E-state index contributed by atoms with van der Waals surface area (Å²) in [6.45, 7) is 11.3. The molecule has 3 N–H and O–H groups in total. The summed E-state index contributed by atoms with van der Waals surface area (Å²) in [5, 5.41) is 15.7. The van der Waals surface area contributed by atoms with Gasteiger partial charge in [0.2, 0.25) is 0 Å². The maximum atomic E-state index is 14.8. The number of benzene rings is 1. The van der Waals surface area contributed by atoms with Crippen molar-refractivity contribution in [2.75, 3.05) is 31.6 Å². The Morgan fingerprint density at radius 2 is 1.92 bits per heavy atom. The van der Waals surface area contributed by atoms with Gasteiger partial charge >= 0.3 is 0 Å². The lowest BCUT2D eigenvalue weighted by Crippen LogP contribution is -2.41. The number of rotatable bonds is 12. The van der Waals surface area contributed by atoms with E-state index in [9.17, 15) is 19.1 Å². The third kappa shape index (κ3) is 8.39. The number of aromatic nitrogens is 1. The van der Waals surface area contributed by atoms with Crippen LogP contribution in [0.5, 0.6) is 5.75 Å². The molecule has 1 amide bonds. The van der Waals surface area contributed by atoms with Gasteiger partial charge in [-0.15, -0.1) is 11.3 Å². The number of aliphatic hydroxyl groups excluding tert-OH is 1. The number of anilines is 1. The van der Waals surface area contributed by atoms with E-state index in [1.165, 1.54) is 22.9 Å². The number of thiophene rings is 1. The van der Waals surface area contributed by atoms with Crippen molar-refractivity contribution in [2.24, 2.45) is 0 Å². The zero-order valence-corrected chi connectivity index (χ0v) is 25.3. The molecule has 0 fully saturated rings. The molecule has 0 aliphatic carbocycles. The normalized spacial score (nSPS) is 12.7. The monoisotopic (exact) mass is 595 g/mol. The Morgan fingerprint density at radius 3 is 2.56 bits per heavy atom. The fraction of sp³-hybridized carbons (Fsp3) is 0.407. The number of hydrogen-bond donors (Lipinski definition) is 3. The van der Waals surface area contributed by atoms with Crippen LogP contribution < -0.4 is 20.9 Å². The summed E-state index contributed by atoms with van der Waals surface area (Å²) in [7, 11) is -1.92. The highest BCUT2D eigenvalue weighted by atomic mass is 35.5. The van der Waals surface area contributed by atoms with Crippen molar-refractivity contribution in [3.8, 4) is 11.4 Å². The zero-order valence-electron chi connectivity index (χ0n) is 22.7. The van der Waals surface area contributed by atoms with E-state index in [2.05, 4.69) is 44.5 Å². The molecule has 0 aliphatic heterocycles. The predicted molar refractivity (Wildman–Crippen MR) is 157 cm³/mol. The second kappa shape index (κ2) is 13.1. The van der Waals surface area contributed by atoms with Crippen LogP contribution in [0, 0.1) is 5.82 Å². The van der Waals surface area contributed by atoms with Crippen LogP contribution in [0.2, 0.25) is 22.5 Å². The van der Waals surface area contributed by atoms with Crippen molar-refractivity contribution in [2.45, 2.75) is 45.0 Å². The minimum atomic E-state index is -1.92. The van der Waals surface area contributed by atoms with Gasteiger partial charge in [0.25, 0.3) is 11.5 Å². The molecule has 0 bridgehead atoms. The standard InChI is InChI=1S/C27H35ClFN3O5SSi/c1-27(2,3)39(4,5)37-14-13-36-22-7-6-12-32(26(22)35)18-8-9-21(20(29)15-18)30-16-19(33)17-31-25(34)23-10-11-24(28)38-23/h6-12,15,19,30,33H,13-14,16-17H2,1-5H3,(H,31,34)/t19-/m0/s1. The number of amides is 1. The first-order valence-corrected chi connectivity index (χ1v) is 16.6. The molecule has 3 aromatic rings. The maximum Gasteiger partial charge on any atom is 0.297 e. The summed E-state index contributed by atoms with van der Waals surface area (Å²) >= 11 is 6.97. The number of ether oxygens (including phenoxy) is 1. The van der Waals surface area contributed by atoms with Crippen LogP contribution in [0.25, 0.3) is 5.69 Å². The Kier molecular flexibility index (Phi) is 10.4. The first-order valence-electron chi connectivity index (χ1n) is 12.5. The third-order valence-corrected chi connectivity index (χ3v) is 12.3. The Bertz CT molecular complexity index is 1340. The van der Waals surface area contributed by atoms with Crippen LogP contribution in [0.15, 0.2) is 53.5 Å². The molecule has 2 aromatic heterocycles. The van der Waals surface area contributed by atoms with E-state index < -0.39 is 25.8 Å². The number of nitrogens with zero attached hydrogens (tertiary/aromatic N) is 1. The van der Waals surface area contributed by atoms with Gasteiger partial charge in [0.15, 0.2) is 14.1 Å². The number of halogens is 2. The van der Waals surface area contributed by atoms with Crippen LogP contribution in [0.4, 0.5) is 10.1 Å². The number of carbonyl (C=O) groups excluding carboxylic acids is 1. The fourth-order valence-corrected chi connectivity index (χ4v) is 5.27. The topological polar surface area (TPSA) is 102 Å². The number of nitrogens with one attached hydrogen (secondary N) is 2. The largest absolute Gasteiger partial charge is 0.485 e. The van der Waals surface area contributed by atoms with E-state index >= 15 is 0 Å². The highest BCUT2D eigenvalue weighted by molar-refractivity contribution is 7.18. The van der Waals surface area contributed by atoms with Gasteiger partial charge < -0.3 is 24.9 Å². The summed E-state index contributed by atoms with van der Waals surface area (Å²) in [5.74, 6) is -0.798. The minimum absolute atomic E-state index is 0.00195. The van der Waals surface area contributed by atoms with Gasteiger partial charge in [-0.2, -0.15) is 0 Å². The fourth-order valence-electron chi connectivity index (χ4n) is 3.28. The van der Waals surface area contributed by atoms with Gasteiger partial charge in [-0.05, 0) is 54.5 Å². The van der Waals surface area contributed by atoms with Crippen molar-refractivity contribution in [3.05, 3.63) is 74.0 Å². The van der Waals surface area contributed by atoms with Gasteiger partial charge in [-0.3, -0.25) is 14.2 Å². The number of aliphatic hydroxyl groups is 1. The second-order valence-corrected chi connectivity index (χ2v) is 17.0. The van der Waals surface area contributed by atoms with Crippen LogP contribution in [-0.4, -0.2) is 56.3 Å². The zero-order chi connectivity index (χ0) is 28.8. The Morgan fingerprint density at radius 1 is 1.18 bits per heavy atom. The first kappa shape index (κ1) is 30.8. The molecular formula is C27H35ClFN3O5SSi. The maximum absolute atomic E-state index is 14.8. The van der Waals surface area contributed by atoms with Crippen molar-refractivity contribution in [1.82, 2.24) is 9.88 Å².